The van der Waals surface area contributed by atoms with E-state index in [0.717, 1.165) is 11.6 Å². The van der Waals surface area contributed by atoms with Crippen LogP contribution in [0.4, 0.5) is 0 Å². The van der Waals surface area contributed by atoms with E-state index in [0.29, 0.717) is 6.04 Å². The maximum atomic E-state index is 5.87. The van der Waals surface area contributed by atoms with Gasteiger partial charge >= 0.3 is 0 Å². The minimum Gasteiger partial charge on any atom is -0.307 e. The first-order valence-electron chi connectivity index (χ1n) is 4.74. The largest absolute Gasteiger partial charge is 0.307 e. The van der Waals surface area contributed by atoms with Crippen molar-refractivity contribution in [2.24, 2.45) is 0 Å². The van der Waals surface area contributed by atoms with Gasteiger partial charge in [-0.2, -0.15) is 0 Å². The van der Waals surface area contributed by atoms with Gasteiger partial charge in [-0.3, -0.25) is 0 Å². The van der Waals surface area contributed by atoms with Crippen molar-refractivity contribution in [2.75, 3.05) is 0 Å². The van der Waals surface area contributed by atoms with Gasteiger partial charge in [0.15, 0.2) is 0 Å². The summed E-state index contributed by atoms with van der Waals surface area (Å²) in [5.41, 5.74) is 2.50. The van der Waals surface area contributed by atoms with Crippen LogP contribution < -0.4 is 5.32 Å². The highest BCUT2D eigenvalue weighted by atomic mass is 35.5. The summed E-state index contributed by atoms with van der Waals surface area (Å²) in [7, 11) is 0. The van der Waals surface area contributed by atoms with Crippen molar-refractivity contribution in [1.82, 2.24) is 5.32 Å². The summed E-state index contributed by atoms with van der Waals surface area (Å²) < 4.78 is 0. The van der Waals surface area contributed by atoms with Crippen LogP contribution in [0.3, 0.4) is 0 Å². The summed E-state index contributed by atoms with van der Waals surface area (Å²) in [6, 6.07) is 6.30. The highest BCUT2D eigenvalue weighted by Crippen LogP contribution is 2.14. The van der Waals surface area contributed by atoms with Crippen molar-refractivity contribution in [3.8, 4) is 0 Å². The highest BCUT2D eigenvalue weighted by Gasteiger charge is 2.00. The fourth-order valence-electron chi connectivity index (χ4n) is 1.21. The van der Waals surface area contributed by atoms with Gasteiger partial charge in [-0.15, -0.1) is 6.58 Å². The second-order valence-electron chi connectivity index (χ2n) is 3.48. The molecule has 1 nitrogen and oxygen atoms in total. The SMILES string of the molecule is C=CC(C)NCc1ccc(Cl)cc1C. The van der Waals surface area contributed by atoms with Gasteiger partial charge in [0, 0.05) is 17.6 Å². The van der Waals surface area contributed by atoms with Gasteiger partial charge in [-0.25, -0.2) is 0 Å². The average molecular weight is 210 g/mol. The van der Waals surface area contributed by atoms with Crippen LogP contribution in [0.2, 0.25) is 5.02 Å². The topological polar surface area (TPSA) is 12.0 Å². The molecule has 0 aliphatic rings. The lowest BCUT2D eigenvalue weighted by atomic mass is 10.1. The van der Waals surface area contributed by atoms with E-state index < -0.39 is 0 Å². The van der Waals surface area contributed by atoms with Gasteiger partial charge in [-0.05, 0) is 37.1 Å². The Bertz CT molecular complexity index is 320. The van der Waals surface area contributed by atoms with Gasteiger partial charge in [0.2, 0.25) is 0 Å². The summed E-state index contributed by atoms with van der Waals surface area (Å²) in [5.74, 6) is 0. The summed E-state index contributed by atoms with van der Waals surface area (Å²) >= 11 is 5.87. The Hall–Kier alpha value is -0.790. The Morgan fingerprint density at radius 2 is 2.29 bits per heavy atom. The third-order valence-corrected chi connectivity index (χ3v) is 2.51. The lowest BCUT2D eigenvalue weighted by molar-refractivity contribution is 0.632. The van der Waals surface area contributed by atoms with Crippen molar-refractivity contribution in [3.05, 3.63) is 47.0 Å². The molecule has 1 atom stereocenters. The third-order valence-electron chi connectivity index (χ3n) is 2.27. The van der Waals surface area contributed by atoms with Crippen LogP contribution in [0.5, 0.6) is 0 Å². The molecule has 0 fully saturated rings. The van der Waals surface area contributed by atoms with Crippen LogP contribution in [0.1, 0.15) is 18.1 Å². The Morgan fingerprint density at radius 1 is 1.57 bits per heavy atom. The molecule has 0 amide bonds. The maximum absolute atomic E-state index is 5.87. The first kappa shape index (κ1) is 11.3. The maximum Gasteiger partial charge on any atom is 0.0408 e. The van der Waals surface area contributed by atoms with Gasteiger partial charge in [0.25, 0.3) is 0 Å². The quantitative estimate of drug-likeness (QED) is 0.751. The minimum absolute atomic E-state index is 0.338. The normalized spacial score (nSPS) is 12.5. The monoisotopic (exact) mass is 209 g/mol. The summed E-state index contributed by atoms with van der Waals surface area (Å²) in [6.45, 7) is 8.74. The molecule has 0 saturated heterocycles. The number of aryl methyl sites for hydroxylation is 1. The van der Waals surface area contributed by atoms with E-state index in [-0.39, 0.29) is 0 Å². The molecule has 0 bridgehead atoms. The van der Waals surface area contributed by atoms with Gasteiger partial charge in [0.1, 0.15) is 0 Å². The zero-order valence-corrected chi connectivity index (χ0v) is 9.43. The molecule has 0 heterocycles. The predicted molar refractivity (Wildman–Crippen MR) is 62.7 cm³/mol. The summed E-state index contributed by atoms with van der Waals surface area (Å²) in [5, 5.41) is 4.14. The van der Waals surface area contributed by atoms with Crippen molar-refractivity contribution in [2.45, 2.75) is 26.4 Å². The van der Waals surface area contributed by atoms with Crippen LogP contribution in [-0.2, 0) is 6.54 Å². The smallest absolute Gasteiger partial charge is 0.0408 e. The van der Waals surface area contributed by atoms with Crippen molar-refractivity contribution < 1.29 is 0 Å². The van der Waals surface area contributed by atoms with Crippen LogP contribution in [0, 0.1) is 6.92 Å². The molecule has 1 unspecified atom stereocenters. The molecule has 2 heteroatoms. The molecular weight excluding hydrogens is 194 g/mol. The van der Waals surface area contributed by atoms with Crippen LogP contribution in [0.15, 0.2) is 30.9 Å². The zero-order chi connectivity index (χ0) is 10.6. The molecule has 0 radical (unpaired) electrons. The third kappa shape index (κ3) is 3.17. The van der Waals surface area contributed by atoms with E-state index in [9.17, 15) is 0 Å². The zero-order valence-electron chi connectivity index (χ0n) is 8.68. The van der Waals surface area contributed by atoms with E-state index in [1.165, 1.54) is 11.1 Å². The van der Waals surface area contributed by atoms with Gasteiger partial charge in [-0.1, -0.05) is 23.7 Å². The molecule has 14 heavy (non-hydrogen) atoms. The molecule has 0 spiro atoms. The van der Waals surface area contributed by atoms with E-state index in [2.05, 4.69) is 31.8 Å². The summed E-state index contributed by atoms with van der Waals surface area (Å²) in [4.78, 5) is 0. The van der Waals surface area contributed by atoms with Crippen LogP contribution in [0.25, 0.3) is 0 Å². The number of hydrogen-bond donors (Lipinski definition) is 1. The first-order valence-corrected chi connectivity index (χ1v) is 5.12. The minimum atomic E-state index is 0.338. The molecule has 1 aromatic rings. The molecule has 1 N–H and O–H groups in total. The number of benzene rings is 1. The number of halogens is 1. The Balaban J connectivity index is 2.63. The molecule has 0 aliphatic heterocycles. The molecule has 1 rings (SSSR count). The predicted octanol–water partition coefficient (Wildman–Crippen LogP) is 3.31. The van der Waals surface area contributed by atoms with E-state index in [1.54, 1.807) is 0 Å². The standard InChI is InChI=1S/C12H16ClN/c1-4-10(3)14-8-11-5-6-12(13)7-9(11)2/h4-7,10,14H,1,8H2,2-3H3. The Kier molecular flexibility index (Phi) is 4.18. The number of hydrogen-bond acceptors (Lipinski definition) is 1. The number of rotatable bonds is 4. The van der Waals surface area contributed by atoms with Crippen molar-refractivity contribution in [3.63, 3.8) is 0 Å². The highest BCUT2D eigenvalue weighted by molar-refractivity contribution is 6.30. The van der Waals surface area contributed by atoms with Crippen molar-refractivity contribution >= 4 is 11.6 Å². The average Bonchev–Trinajstić information content (AvgIpc) is 2.16. The second-order valence-corrected chi connectivity index (χ2v) is 3.91. The molecule has 0 saturated carbocycles. The van der Waals surface area contributed by atoms with Crippen LogP contribution in [-0.4, -0.2) is 6.04 Å². The summed E-state index contributed by atoms with van der Waals surface area (Å²) in [6.07, 6.45) is 1.89. The van der Waals surface area contributed by atoms with Crippen molar-refractivity contribution in [1.29, 1.82) is 0 Å². The van der Waals surface area contributed by atoms with E-state index in [1.807, 2.05) is 18.2 Å². The lowest BCUT2D eigenvalue weighted by Gasteiger charge is -2.11. The molecule has 0 aliphatic carbocycles. The van der Waals surface area contributed by atoms with Gasteiger partial charge in [0.05, 0.1) is 0 Å². The first-order chi connectivity index (χ1) is 6.63. The van der Waals surface area contributed by atoms with Crippen LogP contribution >= 0.6 is 11.6 Å². The molecule has 0 aromatic heterocycles. The fraction of sp³-hybridized carbons (Fsp3) is 0.333. The number of nitrogens with one attached hydrogen (secondary N) is 1. The molecular formula is C12H16ClN. The van der Waals surface area contributed by atoms with E-state index in [4.69, 9.17) is 11.6 Å². The molecule has 1 aromatic carbocycles. The Labute approximate surface area is 90.8 Å². The van der Waals surface area contributed by atoms with Gasteiger partial charge < -0.3 is 5.32 Å². The Morgan fingerprint density at radius 3 is 2.86 bits per heavy atom. The van der Waals surface area contributed by atoms with E-state index >= 15 is 0 Å². The second kappa shape index (κ2) is 5.18. The molecule has 76 valence electrons. The lowest BCUT2D eigenvalue weighted by Crippen LogP contribution is -2.23. The fourth-order valence-corrected chi connectivity index (χ4v) is 1.44.